The highest BCUT2D eigenvalue weighted by atomic mass is 19.1. The number of halogens is 1. The van der Waals surface area contributed by atoms with E-state index in [-0.39, 0.29) is 29.4 Å². The first-order chi connectivity index (χ1) is 16.9. The van der Waals surface area contributed by atoms with Crippen LogP contribution in [0.2, 0.25) is 0 Å². The number of carbonyl (C=O) groups excluding carboxylic acids is 2. The number of benzene rings is 1. The number of methoxy groups -OCH3 is 1. The van der Waals surface area contributed by atoms with Crippen LogP contribution in [-0.4, -0.2) is 54.5 Å². The molecular formula is C26H31FN4O4. The van der Waals surface area contributed by atoms with Gasteiger partial charge in [-0.2, -0.15) is 0 Å². The second-order valence-corrected chi connectivity index (χ2v) is 8.95. The SMILES string of the molecule is CCOC(=O)N1CCC(c2cc(C(=O)OC)nc(Nc3ccc(F)cc3)c2C(=N)C2CCC2)CC1. The van der Waals surface area contributed by atoms with Crippen molar-refractivity contribution in [3.63, 3.8) is 0 Å². The lowest BCUT2D eigenvalue weighted by Gasteiger charge is -2.34. The Kier molecular flexibility index (Phi) is 7.63. The van der Waals surface area contributed by atoms with Crippen LogP contribution in [0.3, 0.4) is 0 Å². The maximum Gasteiger partial charge on any atom is 0.409 e. The van der Waals surface area contributed by atoms with Gasteiger partial charge >= 0.3 is 12.1 Å². The van der Waals surface area contributed by atoms with Crippen molar-refractivity contribution in [1.29, 1.82) is 5.41 Å². The molecule has 2 fully saturated rings. The third-order valence-corrected chi connectivity index (χ3v) is 6.80. The van der Waals surface area contributed by atoms with Crippen LogP contribution in [0.15, 0.2) is 30.3 Å². The number of likely N-dealkylation sites (tertiary alicyclic amines) is 1. The Morgan fingerprint density at radius 2 is 1.86 bits per heavy atom. The molecule has 2 N–H and O–H groups in total. The monoisotopic (exact) mass is 482 g/mol. The van der Waals surface area contributed by atoms with E-state index in [4.69, 9.17) is 14.9 Å². The number of amides is 1. The predicted octanol–water partition coefficient (Wildman–Crippen LogP) is 5.25. The first kappa shape index (κ1) is 24.6. The quantitative estimate of drug-likeness (QED) is 0.412. The van der Waals surface area contributed by atoms with Gasteiger partial charge in [0, 0.05) is 36.0 Å². The molecule has 0 atom stereocenters. The Balaban J connectivity index is 1.74. The van der Waals surface area contributed by atoms with E-state index in [1.807, 2.05) is 0 Å². The predicted molar refractivity (Wildman–Crippen MR) is 130 cm³/mol. The fraction of sp³-hybridized carbons (Fsp3) is 0.462. The zero-order chi connectivity index (χ0) is 24.9. The zero-order valence-electron chi connectivity index (χ0n) is 20.1. The molecule has 186 valence electrons. The van der Waals surface area contributed by atoms with Gasteiger partial charge in [-0.3, -0.25) is 0 Å². The number of ether oxygens (including phenoxy) is 2. The number of aromatic nitrogens is 1. The average molecular weight is 483 g/mol. The summed E-state index contributed by atoms with van der Waals surface area (Å²) in [5.41, 5.74) is 2.77. The largest absolute Gasteiger partial charge is 0.464 e. The molecule has 0 spiro atoms. The Bertz CT molecular complexity index is 1090. The molecule has 9 heteroatoms. The van der Waals surface area contributed by atoms with Crippen molar-refractivity contribution in [3.8, 4) is 0 Å². The number of carbonyl (C=O) groups is 2. The lowest BCUT2D eigenvalue weighted by Crippen LogP contribution is -2.38. The van der Waals surface area contributed by atoms with E-state index in [9.17, 15) is 14.0 Å². The van der Waals surface area contributed by atoms with Gasteiger partial charge in [-0.05, 0) is 74.4 Å². The highest BCUT2D eigenvalue weighted by molar-refractivity contribution is 6.07. The molecule has 2 heterocycles. The van der Waals surface area contributed by atoms with Crippen LogP contribution in [0, 0.1) is 17.1 Å². The molecule has 1 aromatic heterocycles. The number of esters is 1. The van der Waals surface area contributed by atoms with Gasteiger partial charge in [-0.25, -0.2) is 19.0 Å². The van der Waals surface area contributed by atoms with Gasteiger partial charge in [-0.15, -0.1) is 0 Å². The molecule has 1 aromatic carbocycles. The minimum absolute atomic E-state index is 0.0243. The minimum atomic E-state index is -0.570. The summed E-state index contributed by atoms with van der Waals surface area (Å²) in [5, 5.41) is 12.2. The molecule has 1 saturated heterocycles. The fourth-order valence-electron chi connectivity index (χ4n) is 4.63. The molecule has 1 aliphatic heterocycles. The molecule has 0 bridgehead atoms. The zero-order valence-corrected chi connectivity index (χ0v) is 20.1. The molecule has 1 saturated carbocycles. The second kappa shape index (κ2) is 10.8. The van der Waals surface area contributed by atoms with Crippen molar-refractivity contribution in [2.75, 3.05) is 32.1 Å². The smallest absolute Gasteiger partial charge is 0.409 e. The molecule has 4 rings (SSSR count). The van der Waals surface area contributed by atoms with Crippen LogP contribution >= 0.6 is 0 Å². The van der Waals surface area contributed by atoms with Gasteiger partial charge < -0.3 is 25.1 Å². The summed E-state index contributed by atoms with van der Waals surface area (Å²) < 4.78 is 23.6. The number of nitrogens with one attached hydrogen (secondary N) is 2. The van der Waals surface area contributed by atoms with Gasteiger partial charge in [0.2, 0.25) is 0 Å². The molecule has 0 radical (unpaired) electrons. The lowest BCUT2D eigenvalue weighted by atomic mass is 9.76. The third kappa shape index (κ3) is 5.44. The molecule has 2 aromatic rings. The van der Waals surface area contributed by atoms with E-state index in [0.29, 0.717) is 55.3 Å². The van der Waals surface area contributed by atoms with E-state index in [1.54, 1.807) is 30.0 Å². The van der Waals surface area contributed by atoms with Crippen molar-refractivity contribution < 1.29 is 23.5 Å². The molecular weight excluding hydrogens is 451 g/mol. The van der Waals surface area contributed by atoms with E-state index in [0.717, 1.165) is 24.8 Å². The molecule has 8 nitrogen and oxygen atoms in total. The lowest BCUT2D eigenvalue weighted by molar-refractivity contribution is 0.0594. The number of piperidine rings is 1. The molecule has 2 aliphatic rings. The van der Waals surface area contributed by atoms with Crippen molar-refractivity contribution in [2.45, 2.75) is 44.9 Å². The first-order valence-corrected chi connectivity index (χ1v) is 12.1. The van der Waals surface area contributed by atoms with Crippen LogP contribution in [0.25, 0.3) is 0 Å². The van der Waals surface area contributed by atoms with Gasteiger partial charge in [-0.1, -0.05) is 6.42 Å². The van der Waals surface area contributed by atoms with Crippen molar-refractivity contribution in [3.05, 3.63) is 53.0 Å². The minimum Gasteiger partial charge on any atom is -0.464 e. The van der Waals surface area contributed by atoms with Gasteiger partial charge in [0.1, 0.15) is 11.6 Å². The van der Waals surface area contributed by atoms with E-state index in [2.05, 4.69) is 10.3 Å². The molecule has 1 amide bonds. The van der Waals surface area contributed by atoms with Gasteiger partial charge in [0.15, 0.2) is 5.69 Å². The molecule has 35 heavy (non-hydrogen) atoms. The van der Waals surface area contributed by atoms with E-state index < -0.39 is 5.97 Å². The van der Waals surface area contributed by atoms with Crippen LogP contribution in [0.4, 0.5) is 20.7 Å². The normalized spacial score (nSPS) is 16.4. The topological polar surface area (TPSA) is 105 Å². The third-order valence-electron chi connectivity index (χ3n) is 6.80. The summed E-state index contributed by atoms with van der Waals surface area (Å²) in [6.45, 7) is 3.16. The Labute approximate surface area is 204 Å². The van der Waals surface area contributed by atoms with Crippen LogP contribution in [0.5, 0.6) is 0 Å². The number of hydrogen-bond donors (Lipinski definition) is 2. The maximum absolute atomic E-state index is 13.5. The second-order valence-electron chi connectivity index (χ2n) is 8.95. The summed E-state index contributed by atoms with van der Waals surface area (Å²) >= 11 is 0. The Morgan fingerprint density at radius 1 is 1.17 bits per heavy atom. The Morgan fingerprint density at radius 3 is 2.43 bits per heavy atom. The van der Waals surface area contributed by atoms with Crippen LogP contribution in [-0.2, 0) is 9.47 Å². The number of pyridine rings is 1. The first-order valence-electron chi connectivity index (χ1n) is 12.1. The van der Waals surface area contributed by atoms with Gasteiger partial charge in [0.25, 0.3) is 0 Å². The van der Waals surface area contributed by atoms with Gasteiger partial charge in [0.05, 0.1) is 13.7 Å². The van der Waals surface area contributed by atoms with Crippen LogP contribution in [0.1, 0.15) is 66.6 Å². The summed E-state index contributed by atoms with van der Waals surface area (Å²) in [5.74, 6) is -0.384. The summed E-state index contributed by atoms with van der Waals surface area (Å²) in [4.78, 5) is 30.9. The number of anilines is 2. The van der Waals surface area contributed by atoms with Crippen molar-refractivity contribution in [1.82, 2.24) is 9.88 Å². The van der Waals surface area contributed by atoms with Crippen LogP contribution < -0.4 is 5.32 Å². The average Bonchev–Trinajstić information content (AvgIpc) is 2.83. The van der Waals surface area contributed by atoms with E-state index >= 15 is 0 Å². The highest BCUT2D eigenvalue weighted by Crippen LogP contribution is 2.39. The molecule has 0 unspecified atom stereocenters. The standard InChI is InChI=1S/C26H31FN4O4/c1-3-35-26(33)31-13-11-16(12-14-31)20-15-21(25(32)34-2)30-24(22(20)23(28)17-5-4-6-17)29-19-9-7-18(27)8-10-19/h7-10,15-17,28H,3-6,11-14H2,1-2H3,(H,29,30). The molecule has 1 aliphatic carbocycles. The number of rotatable bonds is 7. The highest BCUT2D eigenvalue weighted by Gasteiger charge is 2.33. The maximum atomic E-state index is 13.5. The fourth-order valence-corrected chi connectivity index (χ4v) is 4.63. The number of nitrogens with zero attached hydrogens (tertiary/aromatic N) is 2. The summed E-state index contributed by atoms with van der Waals surface area (Å²) in [6, 6.07) is 7.60. The van der Waals surface area contributed by atoms with E-state index in [1.165, 1.54) is 19.2 Å². The number of hydrogen-bond acceptors (Lipinski definition) is 7. The summed E-state index contributed by atoms with van der Waals surface area (Å²) in [6.07, 6.45) is 3.98. The van der Waals surface area contributed by atoms with Crippen molar-refractivity contribution in [2.24, 2.45) is 5.92 Å². The van der Waals surface area contributed by atoms with Crippen molar-refractivity contribution >= 4 is 29.3 Å². The Hall–Kier alpha value is -3.49. The summed E-state index contributed by atoms with van der Waals surface area (Å²) in [7, 11) is 1.30.